The van der Waals surface area contributed by atoms with E-state index >= 15 is 0 Å². The fourth-order valence-electron chi connectivity index (χ4n) is 3.01. The Kier molecular flexibility index (Phi) is 4.69. The van der Waals surface area contributed by atoms with Crippen LogP contribution in [0.4, 0.5) is 0 Å². The molecule has 0 spiro atoms. The number of rotatable bonds is 3. The normalized spacial score (nSPS) is 24.3. The highest BCUT2D eigenvalue weighted by atomic mass is 16.5. The second-order valence-electron chi connectivity index (χ2n) is 5.95. The van der Waals surface area contributed by atoms with Crippen molar-refractivity contribution < 1.29 is 9.53 Å². The van der Waals surface area contributed by atoms with Gasteiger partial charge in [0.05, 0.1) is 0 Å². The zero-order chi connectivity index (χ0) is 14.7. The zero-order valence-corrected chi connectivity index (χ0v) is 12.9. The molecule has 1 aliphatic heterocycles. The maximum absolute atomic E-state index is 12.6. The fraction of sp³-hybridized carbons (Fsp3) is 0.588. The molecule has 0 bridgehead atoms. The van der Waals surface area contributed by atoms with Crippen molar-refractivity contribution in [3.63, 3.8) is 0 Å². The summed E-state index contributed by atoms with van der Waals surface area (Å²) in [6, 6.07) is 8.47. The average Bonchev–Trinajstić information content (AvgIpc) is 2.38. The van der Waals surface area contributed by atoms with Gasteiger partial charge in [0, 0.05) is 12.1 Å². The van der Waals surface area contributed by atoms with Gasteiger partial charge >= 0.3 is 0 Å². The molecule has 3 unspecified atom stereocenters. The number of aryl methyl sites for hydroxylation is 1. The van der Waals surface area contributed by atoms with E-state index in [1.54, 1.807) is 0 Å². The first-order valence-corrected chi connectivity index (χ1v) is 7.54. The van der Waals surface area contributed by atoms with Gasteiger partial charge in [-0.15, -0.1) is 0 Å². The Labute approximate surface area is 121 Å². The minimum Gasteiger partial charge on any atom is -0.481 e. The highest BCUT2D eigenvalue weighted by molar-refractivity contribution is 5.81. The number of benzene rings is 1. The molecule has 3 nitrogen and oxygen atoms in total. The summed E-state index contributed by atoms with van der Waals surface area (Å²) in [5.41, 5.74) is 1.14. The van der Waals surface area contributed by atoms with Crippen molar-refractivity contribution >= 4 is 5.91 Å². The quantitative estimate of drug-likeness (QED) is 0.844. The SMILES string of the molecule is Cc1cccc(OC(C)C(=O)N2C(C)CCCC2C)c1. The number of amides is 1. The lowest BCUT2D eigenvalue weighted by atomic mass is 9.97. The minimum atomic E-state index is -0.431. The minimum absolute atomic E-state index is 0.103. The summed E-state index contributed by atoms with van der Waals surface area (Å²) in [6.45, 7) is 8.13. The summed E-state index contributed by atoms with van der Waals surface area (Å²) in [6.07, 6.45) is 2.96. The number of ether oxygens (including phenoxy) is 1. The Morgan fingerprint density at radius 1 is 1.30 bits per heavy atom. The van der Waals surface area contributed by atoms with E-state index in [2.05, 4.69) is 13.8 Å². The van der Waals surface area contributed by atoms with Gasteiger partial charge in [0.2, 0.25) is 0 Å². The number of nitrogens with zero attached hydrogens (tertiary/aromatic N) is 1. The molecule has 1 saturated heterocycles. The van der Waals surface area contributed by atoms with Crippen molar-refractivity contribution in [3.05, 3.63) is 29.8 Å². The number of hydrogen-bond acceptors (Lipinski definition) is 2. The second-order valence-corrected chi connectivity index (χ2v) is 5.95. The molecule has 0 N–H and O–H groups in total. The van der Waals surface area contributed by atoms with Gasteiger partial charge < -0.3 is 9.64 Å². The number of carbonyl (C=O) groups is 1. The maximum atomic E-state index is 12.6. The molecule has 110 valence electrons. The van der Waals surface area contributed by atoms with Crippen LogP contribution in [0.3, 0.4) is 0 Å². The van der Waals surface area contributed by atoms with Gasteiger partial charge in [-0.25, -0.2) is 0 Å². The van der Waals surface area contributed by atoms with Gasteiger partial charge in [-0.05, 0) is 64.7 Å². The predicted octanol–water partition coefficient (Wildman–Crippen LogP) is 3.55. The highest BCUT2D eigenvalue weighted by Gasteiger charge is 2.32. The Morgan fingerprint density at radius 2 is 1.95 bits per heavy atom. The molecule has 0 aromatic heterocycles. The van der Waals surface area contributed by atoms with E-state index in [1.807, 2.05) is 43.0 Å². The van der Waals surface area contributed by atoms with E-state index < -0.39 is 6.10 Å². The number of likely N-dealkylation sites (tertiary alicyclic amines) is 1. The number of hydrogen-bond donors (Lipinski definition) is 0. The Bertz CT molecular complexity index is 462. The fourth-order valence-corrected chi connectivity index (χ4v) is 3.01. The third-order valence-electron chi connectivity index (χ3n) is 4.10. The Hall–Kier alpha value is -1.51. The first kappa shape index (κ1) is 14.9. The molecule has 2 rings (SSSR count). The molecule has 1 amide bonds. The molecule has 0 aliphatic carbocycles. The number of carbonyl (C=O) groups excluding carboxylic acids is 1. The molecule has 0 saturated carbocycles. The summed E-state index contributed by atoms with van der Waals surface area (Å²) >= 11 is 0. The van der Waals surface area contributed by atoms with Crippen LogP contribution < -0.4 is 4.74 Å². The van der Waals surface area contributed by atoms with E-state index in [4.69, 9.17) is 4.74 Å². The molecule has 3 heteroatoms. The third-order valence-corrected chi connectivity index (χ3v) is 4.10. The van der Waals surface area contributed by atoms with E-state index in [0.717, 1.165) is 24.2 Å². The summed E-state index contributed by atoms with van der Waals surface area (Å²) in [5, 5.41) is 0. The van der Waals surface area contributed by atoms with E-state index in [9.17, 15) is 4.79 Å². The van der Waals surface area contributed by atoms with Crippen LogP contribution in [0, 0.1) is 6.92 Å². The third kappa shape index (κ3) is 3.33. The van der Waals surface area contributed by atoms with Crippen molar-refractivity contribution in [1.82, 2.24) is 4.90 Å². The smallest absolute Gasteiger partial charge is 0.263 e. The molecule has 1 fully saturated rings. The lowest BCUT2D eigenvalue weighted by Crippen LogP contribution is -2.51. The van der Waals surface area contributed by atoms with Crippen molar-refractivity contribution in [2.24, 2.45) is 0 Å². The Morgan fingerprint density at radius 3 is 2.55 bits per heavy atom. The van der Waals surface area contributed by atoms with Crippen LogP contribution in [-0.2, 0) is 4.79 Å². The van der Waals surface area contributed by atoms with Gasteiger partial charge in [-0.3, -0.25) is 4.79 Å². The number of piperidine rings is 1. The first-order valence-electron chi connectivity index (χ1n) is 7.54. The molecule has 0 radical (unpaired) electrons. The van der Waals surface area contributed by atoms with E-state index in [0.29, 0.717) is 12.1 Å². The van der Waals surface area contributed by atoms with Crippen molar-refractivity contribution in [1.29, 1.82) is 0 Å². The molecule has 3 atom stereocenters. The lowest BCUT2D eigenvalue weighted by Gasteiger charge is -2.40. The molecular formula is C17H25NO2. The van der Waals surface area contributed by atoms with E-state index in [1.165, 1.54) is 6.42 Å². The van der Waals surface area contributed by atoms with Gasteiger partial charge in [-0.1, -0.05) is 12.1 Å². The zero-order valence-electron chi connectivity index (χ0n) is 12.9. The van der Waals surface area contributed by atoms with Crippen LogP contribution in [0.5, 0.6) is 5.75 Å². The van der Waals surface area contributed by atoms with Crippen LogP contribution in [-0.4, -0.2) is 29.0 Å². The highest BCUT2D eigenvalue weighted by Crippen LogP contribution is 2.24. The van der Waals surface area contributed by atoms with Gasteiger partial charge in [0.25, 0.3) is 5.91 Å². The van der Waals surface area contributed by atoms with Crippen LogP contribution in [0.25, 0.3) is 0 Å². The van der Waals surface area contributed by atoms with Crippen molar-refractivity contribution in [2.45, 2.75) is 65.1 Å². The molecule has 20 heavy (non-hydrogen) atoms. The molecule has 1 heterocycles. The second kappa shape index (κ2) is 6.29. The standard InChI is InChI=1S/C17H25NO2/c1-12-7-5-10-16(11-12)20-15(4)17(19)18-13(2)8-6-9-14(18)3/h5,7,10-11,13-15H,6,8-9H2,1-4H3. The summed E-state index contributed by atoms with van der Waals surface area (Å²) in [7, 11) is 0. The van der Waals surface area contributed by atoms with Crippen LogP contribution in [0.2, 0.25) is 0 Å². The van der Waals surface area contributed by atoms with Crippen molar-refractivity contribution in [2.75, 3.05) is 0 Å². The van der Waals surface area contributed by atoms with Gasteiger partial charge in [-0.2, -0.15) is 0 Å². The largest absolute Gasteiger partial charge is 0.481 e. The molecule has 1 aliphatic rings. The first-order chi connectivity index (χ1) is 9.49. The molecule has 1 aromatic rings. The average molecular weight is 275 g/mol. The van der Waals surface area contributed by atoms with Crippen LogP contribution in [0.1, 0.15) is 45.6 Å². The van der Waals surface area contributed by atoms with Crippen molar-refractivity contribution in [3.8, 4) is 5.75 Å². The van der Waals surface area contributed by atoms with E-state index in [-0.39, 0.29) is 5.91 Å². The van der Waals surface area contributed by atoms with Gasteiger partial charge in [0.1, 0.15) is 5.75 Å². The topological polar surface area (TPSA) is 29.5 Å². The van der Waals surface area contributed by atoms with Gasteiger partial charge in [0.15, 0.2) is 6.10 Å². The summed E-state index contributed by atoms with van der Waals surface area (Å²) in [5.74, 6) is 0.870. The predicted molar refractivity (Wildman–Crippen MR) is 80.9 cm³/mol. The molecular weight excluding hydrogens is 250 g/mol. The molecule has 1 aromatic carbocycles. The lowest BCUT2D eigenvalue weighted by molar-refractivity contribution is -0.144. The maximum Gasteiger partial charge on any atom is 0.263 e. The van der Waals surface area contributed by atoms with Crippen LogP contribution >= 0.6 is 0 Å². The Balaban J connectivity index is 2.04. The monoisotopic (exact) mass is 275 g/mol. The summed E-state index contributed by atoms with van der Waals surface area (Å²) in [4.78, 5) is 14.6. The van der Waals surface area contributed by atoms with Crippen LogP contribution in [0.15, 0.2) is 24.3 Å². The summed E-state index contributed by atoms with van der Waals surface area (Å²) < 4.78 is 5.82.